The molecule has 0 aromatic heterocycles. The second-order valence-corrected chi connectivity index (χ2v) is 3.15. The Kier molecular flexibility index (Phi) is 2.29. The van der Waals surface area contributed by atoms with E-state index in [1.165, 1.54) is 32.1 Å². The molecule has 1 saturated carbocycles. The SMILES string of the molecule is C1CCC2(C1)CCN=N2.Cl. The van der Waals surface area contributed by atoms with Gasteiger partial charge in [0.15, 0.2) is 0 Å². The van der Waals surface area contributed by atoms with Gasteiger partial charge in [-0.25, -0.2) is 0 Å². The van der Waals surface area contributed by atoms with Crippen LogP contribution in [0.5, 0.6) is 0 Å². The molecule has 0 aromatic carbocycles. The van der Waals surface area contributed by atoms with Crippen LogP contribution in [-0.4, -0.2) is 12.1 Å². The highest BCUT2D eigenvalue weighted by molar-refractivity contribution is 5.85. The lowest BCUT2D eigenvalue weighted by Crippen LogP contribution is -2.17. The largest absolute Gasteiger partial charge is 0.194 e. The van der Waals surface area contributed by atoms with Crippen molar-refractivity contribution in [3.8, 4) is 0 Å². The highest BCUT2D eigenvalue weighted by Crippen LogP contribution is 2.39. The van der Waals surface area contributed by atoms with Gasteiger partial charge in [-0.2, -0.15) is 10.2 Å². The molecule has 2 rings (SSSR count). The molecule has 3 heteroatoms. The molecule has 1 spiro atoms. The molecular weight excluding hydrogens is 148 g/mol. The molecule has 10 heavy (non-hydrogen) atoms. The minimum atomic E-state index is 0. The third kappa shape index (κ3) is 1.17. The fourth-order valence-electron chi connectivity index (χ4n) is 1.89. The van der Waals surface area contributed by atoms with E-state index in [2.05, 4.69) is 10.2 Å². The van der Waals surface area contributed by atoms with Gasteiger partial charge >= 0.3 is 0 Å². The number of halogens is 1. The second-order valence-electron chi connectivity index (χ2n) is 3.15. The van der Waals surface area contributed by atoms with E-state index < -0.39 is 0 Å². The van der Waals surface area contributed by atoms with Crippen molar-refractivity contribution in [3.63, 3.8) is 0 Å². The Balaban J connectivity index is 0.000000500. The Hall–Kier alpha value is -0.110. The first-order valence-corrected chi connectivity index (χ1v) is 3.80. The Morgan fingerprint density at radius 3 is 2.20 bits per heavy atom. The molecule has 0 aromatic rings. The summed E-state index contributed by atoms with van der Waals surface area (Å²) in [5, 5.41) is 8.34. The number of azo groups is 1. The average Bonchev–Trinajstić information content (AvgIpc) is 2.45. The van der Waals surface area contributed by atoms with E-state index in [9.17, 15) is 0 Å². The lowest BCUT2D eigenvalue weighted by atomic mass is 9.96. The maximum Gasteiger partial charge on any atom is 0.0834 e. The van der Waals surface area contributed by atoms with E-state index in [4.69, 9.17) is 0 Å². The number of nitrogens with zero attached hydrogens (tertiary/aromatic N) is 2. The standard InChI is InChI=1S/C7H12N2.ClH/c1-2-4-7(3-1)5-6-8-9-7;/h1-6H2;1H. The summed E-state index contributed by atoms with van der Waals surface area (Å²) in [7, 11) is 0. The third-order valence-electron chi connectivity index (χ3n) is 2.49. The minimum absolute atomic E-state index is 0. The van der Waals surface area contributed by atoms with Crippen molar-refractivity contribution in [3.05, 3.63) is 0 Å². The van der Waals surface area contributed by atoms with E-state index >= 15 is 0 Å². The Morgan fingerprint density at radius 2 is 1.70 bits per heavy atom. The maximum atomic E-state index is 4.29. The molecule has 1 heterocycles. The van der Waals surface area contributed by atoms with Gasteiger partial charge in [0, 0.05) is 0 Å². The zero-order chi connectivity index (χ0) is 6.16. The molecule has 0 radical (unpaired) electrons. The average molecular weight is 161 g/mol. The fourth-order valence-corrected chi connectivity index (χ4v) is 1.89. The van der Waals surface area contributed by atoms with Crippen LogP contribution in [0.4, 0.5) is 0 Å². The summed E-state index contributed by atoms with van der Waals surface area (Å²) in [4.78, 5) is 0. The van der Waals surface area contributed by atoms with Crippen LogP contribution in [-0.2, 0) is 0 Å². The van der Waals surface area contributed by atoms with Crippen LogP contribution < -0.4 is 0 Å². The van der Waals surface area contributed by atoms with E-state index in [1.54, 1.807) is 0 Å². The van der Waals surface area contributed by atoms with Crippen molar-refractivity contribution in [2.45, 2.75) is 37.6 Å². The third-order valence-corrected chi connectivity index (χ3v) is 2.49. The molecule has 0 amide bonds. The summed E-state index contributed by atoms with van der Waals surface area (Å²) in [5.74, 6) is 0. The van der Waals surface area contributed by atoms with Crippen LogP contribution in [0.15, 0.2) is 10.2 Å². The van der Waals surface area contributed by atoms with Gasteiger partial charge in [-0.3, -0.25) is 0 Å². The van der Waals surface area contributed by atoms with Gasteiger partial charge in [-0.05, 0) is 19.3 Å². The zero-order valence-corrected chi connectivity index (χ0v) is 6.86. The lowest BCUT2D eigenvalue weighted by molar-refractivity contribution is 0.448. The normalized spacial score (nSPS) is 27.2. The molecular formula is C7H13ClN2. The van der Waals surface area contributed by atoms with Crippen LogP contribution in [0.1, 0.15) is 32.1 Å². The Labute approximate surface area is 67.5 Å². The first-order chi connectivity index (χ1) is 4.41. The Morgan fingerprint density at radius 1 is 1.00 bits per heavy atom. The Bertz CT molecular complexity index is 139. The van der Waals surface area contributed by atoms with Crippen molar-refractivity contribution in [1.29, 1.82) is 0 Å². The van der Waals surface area contributed by atoms with Crippen molar-refractivity contribution < 1.29 is 0 Å². The highest BCUT2D eigenvalue weighted by atomic mass is 35.5. The summed E-state index contributed by atoms with van der Waals surface area (Å²) >= 11 is 0. The monoisotopic (exact) mass is 160 g/mol. The molecule has 0 saturated heterocycles. The molecule has 58 valence electrons. The predicted octanol–water partition coefficient (Wildman–Crippen LogP) is 2.58. The summed E-state index contributed by atoms with van der Waals surface area (Å²) in [5.41, 5.74) is 0.347. The summed E-state index contributed by atoms with van der Waals surface area (Å²) in [6, 6.07) is 0. The van der Waals surface area contributed by atoms with Gasteiger partial charge in [-0.15, -0.1) is 12.4 Å². The first-order valence-electron chi connectivity index (χ1n) is 3.80. The molecule has 1 aliphatic heterocycles. The zero-order valence-electron chi connectivity index (χ0n) is 6.05. The van der Waals surface area contributed by atoms with Crippen molar-refractivity contribution >= 4 is 12.4 Å². The molecule has 2 aliphatic rings. The number of rotatable bonds is 0. The molecule has 2 nitrogen and oxygen atoms in total. The van der Waals surface area contributed by atoms with Crippen molar-refractivity contribution in [1.82, 2.24) is 0 Å². The summed E-state index contributed by atoms with van der Waals surface area (Å²) in [6.07, 6.45) is 6.58. The number of hydrogen-bond acceptors (Lipinski definition) is 2. The van der Waals surface area contributed by atoms with Crippen molar-refractivity contribution in [2.75, 3.05) is 6.54 Å². The number of hydrogen-bond donors (Lipinski definition) is 0. The minimum Gasteiger partial charge on any atom is -0.194 e. The smallest absolute Gasteiger partial charge is 0.0834 e. The van der Waals surface area contributed by atoms with Gasteiger partial charge < -0.3 is 0 Å². The van der Waals surface area contributed by atoms with Gasteiger partial charge in [0.1, 0.15) is 0 Å². The topological polar surface area (TPSA) is 24.7 Å². The van der Waals surface area contributed by atoms with Crippen LogP contribution in [0.3, 0.4) is 0 Å². The molecule has 0 unspecified atom stereocenters. The summed E-state index contributed by atoms with van der Waals surface area (Å²) < 4.78 is 0. The van der Waals surface area contributed by atoms with Crippen LogP contribution in [0, 0.1) is 0 Å². The molecule has 0 atom stereocenters. The highest BCUT2D eigenvalue weighted by Gasteiger charge is 2.35. The van der Waals surface area contributed by atoms with E-state index in [-0.39, 0.29) is 12.4 Å². The van der Waals surface area contributed by atoms with Gasteiger partial charge in [-0.1, -0.05) is 12.8 Å². The van der Waals surface area contributed by atoms with Crippen molar-refractivity contribution in [2.24, 2.45) is 10.2 Å². The molecule has 0 N–H and O–H groups in total. The van der Waals surface area contributed by atoms with Gasteiger partial charge in [0.05, 0.1) is 12.1 Å². The summed E-state index contributed by atoms with van der Waals surface area (Å²) in [6.45, 7) is 0.986. The van der Waals surface area contributed by atoms with E-state index in [0.29, 0.717) is 5.54 Å². The maximum absolute atomic E-state index is 4.29. The van der Waals surface area contributed by atoms with E-state index in [1.807, 2.05) is 0 Å². The van der Waals surface area contributed by atoms with Crippen LogP contribution in [0.25, 0.3) is 0 Å². The van der Waals surface area contributed by atoms with Gasteiger partial charge in [0.25, 0.3) is 0 Å². The molecule has 1 fully saturated rings. The molecule has 1 aliphatic carbocycles. The second kappa shape index (κ2) is 2.87. The fraction of sp³-hybridized carbons (Fsp3) is 1.00. The van der Waals surface area contributed by atoms with Crippen LogP contribution >= 0.6 is 12.4 Å². The predicted molar refractivity (Wildman–Crippen MR) is 42.8 cm³/mol. The molecule has 0 bridgehead atoms. The van der Waals surface area contributed by atoms with Gasteiger partial charge in [0.2, 0.25) is 0 Å². The quantitative estimate of drug-likeness (QED) is 0.521. The lowest BCUT2D eigenvalue weighted by Gasteiger charge is -2.14. The first kappa shape index (κ1) is 7.99. The van der Waals surface area contributed by atoms with E-state index in [0.717, 1.165) is 6.54 Å². The van der Waals surface area contributed by atoms with Crippen LogP contribution in [0.2, 0.25) is 0 Å².